The first-order valence-corrected chi connectivity index (χ1v) is 8.62. The van der Waals surface area contributed by atoms with E-state index in [1.54, 1.807) is 6.92 Å². The van der Waals surface area contributed by atoms with Crippen LogP contribution in [0.5, 0.6) is 0 Å². The van der Waals surface area contributed by atoms with Crippen LogP contribution in [0.1, 0.15) is 13.3 Å². The van der Waals surface area contributed by atoms with Gasteiger partial charge < -0.3 is 55.3 Å². The van der Waals surface area contributed by atoms with Gasteiger partial charge in [-0.25, -0.2) is 0 Å². The first-order valence-electron chi connectivity index (χ1n) is 8.62. The molecule has 0 spiro atoms. The maximum Gasteiger partial charge on any atom is 0.221 e. The number of ether oxygens (including phenoxy) is 3. The third-order valence-corrected chi connectivity index (χ3v) is 4.63. The lowest BCUT2D eigenvalue weighted by Gasteiger charge is -2.46. The van der Waals surface area contributed by atoms with Gasteiger partial charge >= 0.3 is 0 Å². The number of carbonyl (C=O) groups excluding carboxylic acids is 1. The molecule has 2 saturated heterocycles. The maximum absolute atomic E-state index is 11.5. The number of aliphatic hydroxyl groups excluding tert-OH is 7. The van der Waals surface area contributed by atoms with Crippen molar-refractivity contribution in [2.45, 2.75) is 74.7 Å². The highest BCUT2D eigenvalue weighted by molar-refractivity contribution is 5.75. The molecule has 0 saturated carbocycles. The van der Waals surface area contributed by atoms with Gasteiger partial charge in [-0.2, -0.15) is 0 Å². The van der Waals surface area contributed by atoms with E-state index in [1.807, 2.05) is 0 Å². The number of hydrogen-bond acceptors (Lipinski definition) is 11. The predicted octanol–water partition coefficient (Wildman–Crippen LogP) is -4.86. The van der Waals surface area contributed by atoms with E-state index in [4.69, 9.17) is 14.2 Å². The fourth-order valence-electron chi connectivity index (χ4n) is 2.97. The number of carbonyl (C=O) groups is 1. The van der Waals surface area contributed by atoms with E-state index in [9.17, 15) is 40.5 Å². The lowest BCUT2D eigenvalue weighted by atomic mass is 9.96. The molecule has 0 unspecified atom stereocenters. The summed E-state index contributed by atoms with van der Waals surface area (Å²) in [6.07, 6.45) is -14.9. The van der Waals surface area contributed by atoms with Crippen molar-refractivity contribution in [3.63, 3.8) is 0 Å². The molecule has 0 aromatic rings. The molecule has 0 bridgehead atoms. The third-order valence-electron chi connectivity index (χ3n) is 4.63. The number of aliphatic hydroxyl groups is 7. The lowest BCUT2D eigenvalue weighted by Crippen LogP contribution is -2.66. The molecule has 8 N–H and O–H groups in total. The summed E-state index contributed by atoms with van der Waals surface area (Å²) in [5.74, 6) is -0.448. The molecule has 1 amide bonds. The van der Waals surface area contributed by atoms with Gasteiger partial charge in [-0.05, 0) is 0 Å². The minimum atomic E-state index is -1.73. The Bertz CT molecular complexity index is 490. The summed E-state index contributed by atoms with van der Waals surface area (Å²) in [6.45, 7) is 0.242. The Kier molecular flexibility index (Phi) is 7.88. The average molecular weight is 397 g/mol. The highest BCUT2D eigenvalue weighted by Crippen LogP contribution is 2.28. The Morgan fingerprint density at radius 2 is 1.52 bits per heavy atom. The first kappa shape index (κ1) is 22.4. The first-order chi connectivity index (χ1) is 12.7. The van der Waals surface area contributed by atoms with Crippen LogP contribution in [0.25, 0.3) is 0 Å². The molecule has 2 aliphatic heterocycles. The maximum atomic E-state index is 11.5. The van der Waals surface area contributed by atoms with Gasteiger partial charge in [0, 0.05) is 6.42 Å². The Labute approximate surface area is 154 Å². The predicted molar refractivity (Wildman–Crippen MR) is 84.8 cm³/mol. The van der Waals surface area contributed by atoms with E-state index in [0.717, 1.165) is 0 Å². The second-order valence-corrected chi connectivity index (χ2v) is 6.48. The van der Waals surface area contributed by atoms with Gasteiger partial charge in [0.2, 0.25) is 5.91 Å². The van der Waals surface area contributed by atoms with Crippen LogP contribution in [0.4, 0.5) is 0 Å². The quantitative estimate of drug-likeness (QED) is 0.214. The van der Waals surface area contributed by atoms with Crippen molar-refractivity contribution >= 4 is 5.91 Å². The van der Waals surface area contributed by atoms with Gasteiger partial charge in [-0.1, -0.05) is 6.92 Å². The van der Waals surface area contributed by atoms with Crippen LogP contribution in [0.3, 0.4) is 0 Å². The monoisotopic (exact) mass is 397 g/mol. The molecule has 27 heavy (non-hydrogen) atoms. The summed E-state index contributed by atoms with van der Waals surface area (Å²) in [7, 11) is 0. The molecule has 0 radical (unpaired) electrons. The number of amides is 1. The Balaban J connectivity index is 2.11. The third kappa shape index (κ3) is 4.74. The van der Waals surface area contributed by atoms with Gasteiger partial charge in [0.1, 0.15) is 48.8 Å². The molecule has 12 nitrogen and oxygen atoms in total. The summed E-state index contributed by atoms with van der Waals surface area (Å²) in [4.78, 5) is 11.5. The van der Waals surface area contributed by atoms with Crippen LogP contribution in [0, 0.1) is 0 Å². The smallest absolute Gasteiger partial charge is 0.221 e. The Morgan fingerprint density at radius 3 is 2.07 bits per heavy atom. The summed E-state index contributed by atoms with van der Waals surface area (Å²) >= 11 is 0. The number of hydrogen-bond donors (Lipinski definition) is 8. The molecule has 0 aromatic heterocycles. The van der Waals surface area contributed by atoms with Gasteiger partial charge in [0.25, 0.3) is 0 Å². The van der Waals surface area contributed by atoms with Gasteiger partial charge in [0.15, 0.2) is 12.5 Å². The van der Waals surface area contributed by atoms with Crippen molar-refractivity contribution in [2.75, 3.05) is 13.2 Å². The second kappa shape index (κ2) is 9.52. The van der Waals surface area contributed by atoms with Gasteiger partial charge in [-0.3, -0.25) is 4.79 Å². The van der Waals surface area contributed by atoms with Gasteiger partial charge in [-0.15, -0.1) is 0 Å². The SMILES string of the molecule is CCC(=O)N[C@@H]1O[C@H](CO)[C@@H](O[C@H]2O[C@H](CO)[C@@H](O)[C@H](O)[C@H]2O)[C@H](O)[C@H]1O. The number of rotatable bonds is 6. The molecule has 2 fully saturated rings. The van der Waals surface area contributed by atoms with E-state index in [1.165, 1.54) is 0 Å². The Morgan fingerprint density at radius 1 is 0.889 bits per heavy atom. The summed E-state index contributed by atoms with van der Waals surface area (Å²) in [5, 5.41) is 71.2. The van der Waals surface area contributed by atoms with E-state index in [-0.39, 0.29) is 6.42 Å². The van der Waals surface area contributed by atoms with Crippen molar-refractivity contribution in [1.82, 2.24) is 5.32 Å². The molecule has 0 aromatic carbocycles. The van der Waals surface area contributed by atoms with Crippen molar-refractivity contribution in [1.29, 1.82) is 0 Å². The summed E-state index contributed by atoms with van der Waals surface area (Å²) in [5.41, 5.74) is 0. The minimum Gasteiger partial charge on any atom is -0.394 e. The topological polar surface area (TPSA) is 198 Å². The summed E-state index contributed by atoms with van der Waals surface area (Å²) in [6, 6.07) is 0. The van der Waals surface area contributed by atoms with E-state index < -0.39 is 80.5 Å². The standard InChI is InChI=1S/C15H27NO11/c1-2-7(19)16-14-11(23)10(22)13(6(4-18)25-14)27-15-12(24)9(21)8(20)5(3-17)26-15/h5-6,8-15,17-18,20-24H,2-4H2,1H3,(H,16,19)/t5-,6-,8-,9+,10-,11-,12-,13-,14-,15-/m1/s1. The molecular weight excluding hydrogens is 370 g/mol. The highest BCUT2D eigenvalue weighted by atomic mass is 16.7. The molecule has 12 heteroatoms. The van der Waals surface area contributed by atoms with Crippen molar-refractivity contribution in [2.24, 2.45) is 0 Å². The van der Waals surface area contributed by atoms with Crippen LogP contribution < -0.4 is 5.32 Å². The van der Waals surface area contributed by atoms with Crippen molar-refractivity contribution in [3.05, 3.63) is 0 Å². The van der Waals surface area contributed by atoms with E-state index >= 15 is 0 Å². The molecule has 0 aliphatic carbocycles. The van der Waals surface area contributed by atoms with Crippen LogP contribution in [-0.4, -0.2) is 116 Å². The Hall–Kier alpha value is -0.930. The van der Waals surface area contributed by atoms with Crippen LogP contribution in [-0.2, 0) is 19.0 Å². The normalized spacial score (nSPS) is 45.5. The zero-order valence-electron chi connectivity index (χ0n) is 14.7. The zero-order valence-corrected chi connectivity index (χ0v) is 14.7. The van der Waals surface area contributed by atoms with E-state index in [2.05, 4.69) is 5.32 Å². The van der Waals surface area contributed by atoms with Crippen LogP contribution in [0.15, 0.2) is 0 Å². The fourth-order valence-corrected chi connectivity index (χ4v) is 2.97. The zero-order chi connectivity index (χ0) is 20.3. The van der Waals surface area contributed by atoms with Crippen LogP contribution in [0.2, 0.25) is 0 Å². The molecule has 2 heterocycles. The fraction of sp³-hybridized carbons (Fsp3) is 0.933. The van der Waals surface area contributed by atoms with Gasteiger partial charge in [0.05, 0.1) is 13.2 Å². The molecule has 10 atom stereocenters. The lowest BCUT2D eigenvalue weighted by molar-refractivity contribution is -0.343. The van der Waals surface area contributed by atoms with Crippen LogP contribution >= 0.6 is 0 Å². The van der Waals surface area contributed by atoms with Crippen molar-refractivity contribution in [3.8, 4) is 0 Å². The second-order valence-electron chi connectivity index (χ2n) is 6.48. The molecule has 2 aliphatic rings. The van der Waals surface area contributed by atoms with E-state index in [0.29, 0.717) is 0 Å². The molecule has 2 rings (SSSR count). The summed E-state index contributed by atoms with van der Waals surface area (Å²) < 4.78 is 16.0. The largest absolute Gasteiger partial charge is 0.394 e. The number of nitrogens with one attached hydrogen (secondary N) is 1. The molecule has 158 valence electrons. The highest BCUT2D eigenvalue weighted by Gasteiger charge is 2.50. The molecular formula is C15H27NO11. The average Bonchev–Trinajstić information content (AvgIpc) is 2.67. The minimum absolute atomic E-state index is 0.108. The van der Waals surface area contributed by atoms with Crippen molar-refractivity contribution < 1.29 is 54.8 Å².